The summed E-state index contributed by atoms with van der Waals surface area (Å²) < 4.78 is 17.1. The number of halogens is 1. The van der Waals surface area contributed by atoms with E-state index in [0.29, 0.717) is 24.5 Å². The second-order valence-corrected chi connectivity index (χ2v) is 3.25. The summed E-state index contributed by atoms with van der Waals surface area (Å²) in [5.74, 6) is 1.26. The van der Waals surface area contributed by atoms with Crippen LogP contribution in [0.3, 0.4) is 0 Å². The molecule has 0 atom stereocenters. The van der Waals surface area contributed by atoms with E-state index >= 15 is 0 Å². The van der Waals surface area contributed by atoms with Gasteiger partial charge in [0.05, 0.1) is 12.4 Å². The molecule has 0 N–H and O–H groups in total. The Labute approximate surface area is 82.6 Å². The minimum Gasteiger partial charge on any atom is -0.492 e. The molecule has 0 unspecified atom stereocenters. The van der Waals surface area contributed by atoms with Crippen LogP contribution in [0.4, 0.5) is 3.89 Å². The van der Waals surface area contributed by atoms with Gasteiger partial charge in [-0.2, -0.15) is 3.89 Å². The SMILES string of the molecule is CCc1ccccc1OCCSF. The van der Waals surface area contributed by atoms with Gasteiger partial charge >= 0.3 is 0 Å². The van der Waals surface area contributed by atoms with Gasteiger partial charge in [-0.05, 0) is 18.1 Å². The lowest BCUT2D eigenvalue weighted by atomic mass is 10.1. The predicted molar refractivity (Wildman–Crippen MR) is 54.9 cm³/mol. The second kappa shape index (κ2) is 5.86. The molecule has 0 saturated heterocycles. The summed E-state index contributed by atoms with van der Waals surface area (Å²) in [6, 6.07) is 7.85. The Bertz CT molecular complexity index is 252. The molecule has 0 aliphatic carbocycles. The summed E-state index contributed by atoms with van der Waals surface area (Å²) in [4.78, 5) is 0. The van der Waals surface area contributed by atoms with Crippen molar-refractivity contribution >= 4 is 12.1 Å². The van der Waals surface area contributed by atoms with Crippen LogP contribution in [0.15, 0.2) is 24.3 Å². The van der Waals surface area contributed by atoms with E-state index < -0.39 is 0 Å². The van der Waals surface area contributed by atoms with Gasteiger partial charge in [0.2, 0.25) is 0 Å². The van der Waals surface area contributed by atoms with Crippen LogP contribution in [0.2, 0.25) is 0 Å². The maximum atomic E-state index is 11.7. The third-order valence-electron chi connectivity index (χ3n) is 1.77. The molecule has 13 heavy (non-hydrogen) atoms. The van der Waals surface area contributed by atoms with Gasteiger partial charge < -0.3 is 4.74 Å². The molecular formula is C10H13FOS. The summed E-state index contributed by atoms with van der Waals surface area (Å²) in [6.07, 6.45) is 0.943. The van der Waals surface area contributed by atoms with E-state index in [4.69, 9.17) is 4.74 Å². The summed E-state index contributed by atoms with van der Waals surface area (Å²) in [7, 11) is 0. The molecule has 1 aromatic carbocycles. The van der Waals surface area contributed by atoms with E-state index in [9.17, 15) is 3.89 Å². The predicted octanol–water partition coefficient (Wildman–Crippen LogP) is 3.25. The van der Waals surface area contributed by atoms with Gasteiger partial charge in [0.15, 0.2) is 0 Å². The molecule has 0 saturated carbocycles. The minimum atomic E-state index is 0.309. The Morgan fingerprint density at radius 3 is 2.85 bits per heavy atom. The monoisotopic (exact) mass is 200 g/mol. The van der Waals surface area contributed by atoms with E-state index in [2.05, 4.69) is 6.92 Å². The Morgan fingerprint density at radius 1 is 1.38 bits per heavy atom. The average molecular weight is 200 g/mol. The minimum absolute atomic E-state index is 0.309. The molecule has 0 fully saturated rings. The Kier molecular flexibility index (Phi) is 4.68. The molecule has 0 heterocycles. The number of ether oxygens (including phenoxy) is 1. The van der Waals surface area contributed by atoms with Crippen LogP contribution in [-0.4, -0.2) is 12.4 Å². The van der Waals surface area contributed by atoms with E-state index in [0.717, 1.165) is 12.2 Å². The van der Waals surface area contributed by atoms with Crippen molar-refractivity contribution in [2.75, 3.05) is 12.4 Å². The van der Waals surface area contributed by atoms with Crippen molar-refractivity contribution in [2.24, 2.45) is 0 Å². The molecule has 0 spiro atoms. The van der Waals surface area contributed by atoms with Crippen molar-refractivity contribution in [3.05, 3.63) is 29.8 Å². The molecule has 0 aliphatic rings. The first-order valence-corrected chi connectivity index (χ1v) is 5.21. The number of benzene rings is 1. The molecule has 0 radical (unpaired) electrons. The van der Waals surface area contributed by atoms with Crippen LogP contribution in [-0.2, 0) is 6.42 Å². The van der Waals surface area contributed by atoms with Crippen molar-refractivity contribution < 1.29 is 8.62 Å². The molecule has 1 rings (SSSR count). The zero-order valence-corrected chi connectivity index (χ0v) is 8.44. The van der Waals surface area contributed by atoms with E-state index in [-0.39, 0.29) is 0 Å². The van der Waals surface area contributed by atoms with Crippen LogP contribution >= 0.6 is 12.1 Å². The van der Waals surface area contributed by atoms with Crippen LogP contribution in [0.5, 0.6) is 5.75 Å². The van der Waals surface area contributed by atoms with Crippen molar-refractivity contribution in [2.45, 2.75) is 13.3 Å². The molecule has 0 aliphatic heterocycles. The third-order valence-corrected chi connectivity index (χ3v) is 2.09. The number of hydrogen-bond donors (Lipinski definition) is 0. The van der Waals surface area contributed by atoms with Crippen molar-refractivity contribution in [1.82, 2.24) is 0 Å². The van der Waals surface area contributed by atoms with Gasteiger partial charge in [-0.15, -0.1) is 0 Å². The lowest BCUT2D eigenvalue weighted by molar-refractivity contribution is 0.340. The largest absolute Gasteiger partial charge is 0.492 e. The van der Waals surface area contributed by atoms with Crippen molar-refractivity contribution in [3.8, 4) is 5.75 Å². The summed E-state index contributed by atoms with van der Waals surface area (Å²) in [5, 5.41) is 0. The normalized spacial score (nSPS) is 10.0. The van der Waals surface area contributed by atoms with E-state index in [1.807, 2.05) is 24.3 Å². The third kappa shape index (κ3) is 3.27. The van der Waals surface area contributed by atoms with Crippen LogP contribution in [0.1, 0.15) is 12.5 Å². The van der Waals surface area contributed by atoms with E-state index in [1.165, 1.54) is 5.56 Å². The fourth-order valence-electron chi connectivity index (χ4n) is 1.12. The van der Waals surface area contributed by atoms with Gasteiger partial charge in [-0.1, -0.05) is 25.1 Å². The molecule has 1 aromatic rings. The van der Waals surface area contributed by atoms with Crippen LogP contribution in [0, 0.1) is 0 Å². The Hall–Kier alpha value is -0.700. The molecule has 3 heteroatoms. The highest BCUT2D eigenvalue weighted by molar-refractivity contribution is 7.94. The first-order chi connectivity index (χ1) is 6.38. The quantitative estimate of drug-likeness (QED) is 0.675. The van der Waals surface area contributed by atoms with Crippen molar-refractivity contribution in [1.29, 1.82) is 0 Å². The lowest BCUT2D eigenvalue weighted by Gasteiger charge is -2.08. The van der Waals surface area contributed by atoms with Crippen LogP contribution < -0.4 is 4.74 Å². The van der Waals surface area contributed by atoms with Gasteiger partial charge in [0.25, 0.3) is 0 Å². The van der Waals surface area contributed by atoms with Gasteiger partial charge in [-0.3, -0.25) is 0 Å². The summed E-state index contributed by atoms with van der Waals surface area (Å²) >= 11 is 0.309. The molecule has 0 aromatic heterocycles. The highest BCUT2D eigenvalue weighted by Gasteiger charge is 1.99. The average Bonchev–Trinajstić information content (AvgIpc) is 2.19. The fourth-order valence-corrected chi connectivity index (χ4v) is 1.27. The van der Waals surface area contributed by atoms with Gasteiger partial charge in [-0.25, -0.2) is 0 Å². The highest BCUT2D eigenvalue weighted by Crippen LogP contribution is 2.18. The lowest BCUT2D eigenvalue weighted by Crippen LogP contribution is -2.01. The number of rotatable bonds is 5. The van der Waals surface area contributed by atoms with Crippen LogP contribution in [0.25, 0.3) is 0 Å². The highest BCUT2D eigenvalue weighted by atomic mass is 32.2. The maximum absolute atomic E-state index is 11.7. The Morgan fingerprint density at radius 2 is 2.15 bits per heavy atom. The molecular weight excluding hydrogens is 187 g/mol. The number of hydrogen-bond acceptors (Lipinski definition) is 2. The number of para-hydroxylation sites is 1. The first kappa shape index (κ1) is 10.4. The van der Waals surface area contributed by atoms with E-state index in [1.54, 1.807) is 0 Å². The zero-order chi connectivity index (χ0) is 9.52. The number of aryl methyl sites for hydroxylation is 1. The fraction of sp³-hybridized carbons (Fsp3) is 0.400. The Balaban J connectivity index is 2.54. The summed E-state index contributed by atoms with van der Waals surface area (Å²) in [6.45, 7) is 2.50. The first-order valence-electron chi connectivity index (χ1n) is 4.32. The van der Waals surface area contributed by atoms with Crippen molar-refractivity contribution in [3.63, 3.8) is 0 Å². The van der Waals surface area contributed by atoms with Gasteiger partial charge in [0.1, 0.15) is 5.75 Å². The summed E-state index contributed by atoms with van der Waals surface area (Å²) in [5.41, 5.74) is 1.17. The smallest absolute Gasteiger partial charge is 0.122 e. The topological polar surface area (TPSA) is 9.23 Å². The van der Waals surface area contributed by atoms with Gasteiger partial charge in [0, 0.05) is 12.1 Å². The molecule has 72 valence electrons. The zero-order valence-electron chi connectivity index (χ0n) is 7.63. The maximum Gasteiger partial charge on any atom is 0.122 e. The molecule has 1 nitrogen and oxygen atoms in total. The second-order valence-electron chi connectivity index (χ2n) is 2.62. The molecule has 0 bridgehead atoms. The standard InChI is InChI=1S/C10H13FOS/c1-2-9-5-3-4-6-10(9)12-7-8-13-11/h3-6H,2,7-8H2,1H3. The molecule has 0 amide bonds.